The van der Waals surface area contributed by atoms with Crippen LogP contribution in [0.4, 0.5) is 5.82 Å². The first kappa shape index (κ1) is 15.6. The van der Waals surface area contributed by atoms with Crippen LogP contribution in [0.15, 0.2) is 39.5 Å². The van der Waals surface area contributed by atoms with Gasteiger partial charge in [0.1, 0.15) is 17.6 Å². The van der Waals surface area contributed by atoms with Gasteiger partial charge in [-0.15, -0.1) is 11.8 Å². The van der Waals surface area contributed by atoms with E-state index in [0.717, 1.165) is 4.90 Å². The molecular weight excluding hydrogens is 304 g/mol. The van der Waals surface area contributed by atoms with E-state index in [4.69, 9.17) is 9.78 Å². The molecule has 0 unspecified atom stereocenters. The highest BCUT2D eigenvalue weighted by Crippen LogP contribution is 2.20. The van der Waals surface area contributed by atoms with Gasteiger partial charge in [0.2, 0.25) is 0 Å². The number of nitrogens with zero attached hydrogens (tertiary/aromatic N) is 3. The number of nitriles is 1. The first-order valence-corrected chi connectivity index (χ1v) is 7.35. The van der Waals surface area contributed by atoms with Crippen molar-refractivity contribution < 1.29 is 14.4 Å². The van der Waals surface area contributed by atoms with Crippen molar-refractivity contribution in [2.45, 2.75) is 11.8 Å². The molecule has 2 aromatic heterocycles. The Bertz CT molecular complexity index is 759. The van der Waals surface area contributed by atoms with Crippen LogP contribution in [0.5, 0.6) is 0 Å². The van der Waals surface area contributed by atoms with Crippen LogP contribution in [0, 0.1) is 18.3 Å². The maximum absolute atomic E-state index is 12.1. The normalized spacial score (nSPS) is 11.5. The minimum atomic E-state index is -0.759. The predicted molar refractivity (Wildman–Crippen MR) is 81.0 cm³/mol. The number of carbonyl (C=O) groups is 1. The molecule has 0 saturated heterocycles. The van der Waals surface area contributed by atoms with Crippen LogP contribution in [-0.2, 0) is 4.79 Å². The highest BCUT2D eigenvalue weighted by Gasteiger charge is 2.20. The van der Waals surface area contributed by atoms with E-state index in [2.05, 4.69) is 15.5 Å². The third kappa shape index (κ3) is 3.27. The number of hydrogen-bond acceptors (Lipinski definition) is 7. The summed E-state index contributed by atoms with van der Waals surface area (Å²) in [5.41, 5.74) is -0.251. The Morgan fingerprint density at radius 1 is 1.45 bits per heavy atom. The van der Waals surface area contributed by atoms with Crippen LogP contribution in [-0.4, -0.2) is 27.4 Å². The number of nitrogens with one attached hydrogen (secondary N) is 1. The molecule has 0 atom stereocenters. The average molecular weight is 316 g/mol. The summed E-state index contributed by atoms with van der Waals surface area (Å²) in [7, 11) is 0. The van der Waals surface area contributed by atoms with Crippen molar-refractivity contribution in [2.24, 2.45) is 0 Å². The number of aryl methyl sites for hydroxylation is 1. The first-order valence-electron chi connectivity index (χ1n) is 6.13. The number of aliphatic hydroxyl groups is 1. The van der Waals surface area contributed by atoms with E-state index in [1.54, 1.807) is 31.3 Å². The van der Waals surface area contributed by atoms with Gasteiger partial charge >= 0.3 is 0 Å². The van der Waals surface area contributed by atoms with Crippen LogP contribution in [0.1, 0.15) is 11.3 Å². The van der Waals surface area contributed by atoms with Crippen molar-refractivity contribution >= 4 is 29.2 Å². The van der Waals surface area contributed by atoms with Gasteiger partial charge in [0.05, 0.1) is 11.8 Å². The Kier molecular flexibility index (Phi) is 4.80. The number of amides is 1. The molecule has 0 fully saturated rings. The van der Waals surface area contributed by atoms with E-state index < -0.39 is 17.2 Å². The van der Waals surface area contributed by atoms with Gasteiger partial charge in [-0.1, -0.05) is 5.16 Å². The lowest BCUT2D eigenvalue weighted by molar-refractivity contribution is -0.112. The van der Waals surface area contributed by atoms with Crippen molar-refractivity contribution in [1.82, 2.24) is 10.1 Å². The zero-order valence-corrected chi connectivity index (χ0v) is 12.6. The molecule has 7 nitrogen and oxygen atoms in total. The molecular formula is C14H12N4O3S. The molecule has 0 aliphatic rings. The molecule has 0 aliphatic heterocycles. The second-order valence-electron chi connectivity index (χ2n) is 4.17. The van der Waals surface area contributed by atoms with Gasteiger partial charge in [-0.25, -0.2) is 4.98 Å². The fraction of sp³-hybridized carbons (Fsp3) is 0.143. The summed E-state index contributed by atoms with van der Waals surface area (Å²) in [5, 5.41) is 25.1. The summed E-state index contributed by atoms with van der Waals surface area (Å²) < 4.78 is 4.80. The molecule has 2 N–H and O–H groups in total. The van der Waals surface area contributed by atoms with Crippen molar-refractivity contribution in [3.8, 4) is 6.07 Å². The predicted octanol–water partition coefficient (Wildman–Crippen LogP) is 2.53. The summed E-state index contributed by atoms with van der Waals surface area (Å²) in [6.45, 7) is 1.56. The van der Waals surface area contributed by atoms with Gasteiger partial charge in [0.25, 0.3) is 5.91 Å². The number of hydrogen-bond donors (Lipinski definition) is 2. The Morgan fingerprint density at radius 2 is 2.23 bits per heavy atom. The number of pyridine rings is 1. The molecule has 1 amide bonds. The summed E-state index contributed by atoms with van der Waals surface area (Å²) in [6.07, 6.45) is 4.74. The Balaban J connectivity index is 2.26. The fourth-order valence-corrected chi connectivity index (χ4v) is 1.99. The molecule has 8 heteroatoms. The molecule has 22 heavy (non-hydrogen) atoms. The van der Waals surface area contributed by atoms with Crippen molar-refractivity contribution in [2.75, 3.05) is 11.6 Å². The topological polar surface area (TPSA) is 112 Å². The largest absolute Gasteiger partial charge is 0.506 e. The molecule has 0 saturated carbocycles. The molecule has 112 valence electrons. The van der Waals surface area contributed by atoms with Crippen molar-refractivity contribution in [3.05, 3.63) is 41.4 Å². The number of thioether (sulfide) groups is 1. The van der Waals surface area contributed by atoms with Gasteiger partial charge in [-0.3, -0.25) is 4.79 Å². The number of carbonyl (C=O) groups excluding carboxylic acids is 1. The van der Waals surface area contributed by atoms with E-state index in [0.29, 0.717) is 5.76 Å². The van der Waals surface area contributed by atoms with Crippen LogP contribution >= 0.6 is 11.8 Å². The van der Waals surface area contributed by atoms with Crippen LogP contribution < -0.4 is 5.32 Å². The molecule has 0 spiro atoms. The second kappa shape index (κ2) is 6.78. The highest BCUT2D eigenvalue weighted by atomic mass is 32.2. The van der Waals surface area contributed by atoms with Crippen LogP contribution in [0.25, 0.3) is 5.76 Å². The maximum Gasteiger partial charge on any atom is 0.271 e. The van der Waals surface area contributed by atoms with Crippen LogP contribution in [0.3, 0.4) is 0 Å². The third-order valence-corrected chi connectivity index (χ3v) is 3.51. The summed E-state index contributed by atoms with van der Waals surface area (Å²) in [5.74, 6) is -0.657. The Hall–Kier alpha value is -2.79. The summed E-state index contributed by atoms with van der Waals surface area (Å²) in [4.78, 5) is 17.1. The second-order valence-corrected chi connectivity index (χ2v) is 5.05. The van der Waals surface area contributed by atoms with Gasteiger partial charge in [0.15, 0.2) is 11.3 Å². The molecule has 0 bridgehead atoms. The quantitative estimate of drug-likeness (QED) is 0.386. The van der Waals surface area contributed by atoms with Gasteiger partial charge < -0.3 is 14.9 Å². The van der Waals surface area contributed by atoms with E-state index >= 15 is 0 Å². The van der Waals surface area contributed by atoms with Crippen molar-refractivity contribution in [1.29, 1.82) is 5.26 Å². The minimum absolute atomic E-state index is 0.192. The molecule has 0 aliphatic carbocycles. The number of aliphatic hydroxyl groups excluding tert-OH is 1. The van der Waals surface area contributed by atoms with Gasteiger partial charge in [-0.2, -0.15) is 5.26 Å². The molecule has 0 aromatic carbocycles. The maximum atomic E-state index is 12.1. The lowest BCUT2D eigenvalue weighted by Crippen LogP contribution is -2.16. The van der Waals surface area contributed by atoms with E-state index in [9.17, 15) is 9.90 Å². The molecule has 0 radical (unpaired) electrons. The molecule has 2 aromatic rings. The smallest absolute Gasteiger partial charge is 0.271 e. The van der Waals surface area contributed by atoms with E-state index in [1.165, 1.54) is 18.0 Å². The zero-order valence-electron chi connectivity index (χ0n) is 11.8. The van der Waals surface area contributed by atoms with Gasteiger partial charge in [0, 0.05) is 11.1 Å². The molecule has 2 heterocycles. The SMILES string of the molecule is CSc1ccc(NC(=O)/C(C#N)=C(\O)c2cnoc2C)nc1. The fourth-order valence-electron chi connectivity index (χ4n) is 1.63. The van der Waals surface area contributed by atoms with E-state index in [1.807, 2.05) is 6.26 Å². The molecule has 2 rings (SSSR count). The lowest BCUT2D eigenvalue weighted by Gasteiger charge is -2.05. The van der Waals surface area contributed by atoms with E-state index in [-0.39, 0.29) is 11.4 Å². The highest BCUT2D eigenvalue weighted by molar-refractivity contribution is 7.98. The van der Waals surface area contributed by atoms with Crippen LogP contribution in [0.2, 0.25) is 0 Å². The zero-order chi connectivity index (χ0) is 16.1. The average Bonchev–Trinajstić information content (AvgIpc) is 2.94. The lowest BCUT2D eigenvalue weighted by atomic mass is 10.1. The minimum Gasteiger partial charge on any atom is -0.506 e. The summed E-state index contributed by atoms with van der Waals surface area (Å²) >= 11 is 1.52. The Morgan fingerprint density at radius 3 is 2.73 bits per heavy atom. The number of anilines is 1. The van der Waals surface area contributed by atoms with Crippen molar-refractivity contribution in [3.63, 3.8) is 0 Å². The Labute approximate surface area is 130 Å². The number of aromatic nitrogens is 2. The number of rotatable bonds is 4. The first-order chi connectivity index (χ1) is 10.6. The summed E-state index contributed by atoms with van der Waals surface area (Å²) in [6, 6.07) is 5.07. The standard InChI is InChI=1S/C14H12N4O3S/c1-8-11(7-17-21-8)13(19)10(5-15)14(20)18-12-4-3-9(22-2)6-16-12/h3-4,6-7,19H,1-2H3,(H,16,18,20)/b13-10-. The monoisotopic (exact) mass is 316 g/mol. The van der Waals surface area contributed by atoms with Gasteiger partial charge in [-0.05, 0) is 25.3 Å². The third-order valence-electron chi connectivity index (χ3n) is 2.80.